The van der Waals surface area contributed by atoms with Crippen molar-refractivity contribution in [1.82, 2.24) is 4.83 Å². The van der Waals surface area contributed by atoms with Crippen LogP contribution in [0.2, 0.25) is 0 Å². The molecule has 120 valence electrons. The molecule has 0 atom stereocenters. The molecule has 0 spiro atoms. The smallest absolute Gasteiger partial charge is 0.276 e. The zero-order valence-electron chi connectivity index (χ0n) is 12.0. The summed E-state index contributed by atoms with van der Waals surface area (Å²) < 4.78 is 29.1. The molecule has 0 radical (unpaired) electrons. The highest BCUT2D eigenvalue weighted by molar-refractivity contribution is 7.89. The van der Waals surface area contributed by atoms with Crippen LogP contribution in [0.5, 0.6) is 5.75 Å². The number of nitro benzene ring substituents is 1. The average Bonchev–Trinajstić information content (AvgIpc) is 2.55. The van der Waals surface area contributed by atoms with Gasteiger partial charge in [0.2, 0.25) is 0 Å². The highest BCUT2D eigenvalue weighted by atomic mass is 32.2. The molecule has 0 saturated heterocycles. The molecule has 1 N–H and O–H groups in total. The molecule has 9 heteroatoms. The van der Waals surface area contributed by atoms with E-state index in [9.17, 15) is 18.5 Å². The van der Waals surface area contributed by atoms with Crippen molar-refractivity contribution in [1.29, 1.82) is 0 Å². The number of nitrogens with zero attached hydrogens (tertiary/aromatic N) is 2. The van der Waals surface area contributed by atoms with E-state index in [1.807, 2.05) is 4.83 Å². The summed E-state index contributed by atoms with van der Waals surface area (Å²) in [4.78, 5) is 11.9. The lowest BCUT2D eigenvalue weighted by Crippen LogP contribution is -2.18. The molecule has 23 heavy (non-hydrogen) atoms. The molecular formula is C14H13N3O5S. The van der Waals surface area contributed by atoms with Crippen molar-refractivity contribution >= 4 is 21.9 Å². The third kappa shape index (κ3) is 4.27. The van der Waals surface area contributed by atoms with Crippen LogP contribution in [0.15, 0.2) is 58.5 Å². The Bertz CT molecular complexity index is 832. The average molecular weight is 335 g/mol. The topological polar surface area (TPSA) is 111 Å². The first-order chi connectivity index (χ1) is 10.9. The van der Waals surface area contributed by atoms with Gasteiger partial charge in [0, 0.05) is 12.1 Å². The van der Waals surface area contributed by atoms with E-state index in [0.29, 0.717) is 11.3 Å². The fourth-order valence-electron chi connectivity index (χ4n) is 1.69. The first kappa shape index (κ1) is 16.4. The van der Waals surface area contributed by atoms with Gasteiger partial charge in [-0.25, -0.2) is 4.83 Å². The third-order valence-corrected chi connectivity index (χ3v) is 4.08. The predicted octanol–water partition coefficient (Wildman–Crippen LogP) is 1.92. The van der Waals surface area contributed by atoms with Gasteiger partial charge in [0.25, 0.3) is 15.7 Å². The summed E-state index contributed by atoms with van der Waals surface area (Å²) in [5, 5.41) is 14.2. The number of sulfonamides is 1. The van der Waals surface area contributed by atoms with Crippen LogP contribution < -0.4 is 9.57 Å². The zero-order valence-corrected chi connectivity index (χ0v) is 12.9. The summed E-state index contributed by atoms with van der Waals surface area (Å²) in [6.07, 6.45) is 1.32. The summed E-state index contributed by atoms with van der Waals surface area (Å²) in [6, 6.07) is 11.4. The second-order valence-electron chi connectivity index (χ2n) is 4.38. The number of hydrogen-bond acceptors (Lipinski definition) is 6. The second-order valence-corrected chi connectivity index (χ2v) is 6.04. The Morgan fingerprint density at radius 3 is 2.52 bits per heavy atom. The van der Waals surface area contributed by atoms with Crippen LogP contribution in [0.25, 0.3) is 0 Å². The lowest BCUT2D eigenvalue weighted by atomic mass is 10.2. The number of rotatable bonds is 6. The van der Waals surface area contributed by atoms with Crippen molar-refractivity contribution < 1.29 is 18.1 Å². The van der Waals surface area contributed by atoms with Gasteiger partial charge in [-0.15, -0.1) is 0 Å². The lowest BCUT2D eigenvalue weighted by Gasteiger charge is -2.03. The number of nitrogens with one attached hydrogen (secondary N) is 1. The van der Waals surface area contributed by atoms with Crippen LogP contribution in [-0.2, 0) is 10.0 Å². The molecule has 0 aromatic heterocycles. The van der Waals surface area contributed by atoms with Gasteiger partial charge in [-0.3, -0.25) is 10.1 Å². The number of hydrogen-bond donors (Lipinski definition) is 1. The van der Waals surface area contributed by atoms with E-state index in [-0.39, 0.29) is 10.6 Å². The number of benzene rings is 2. The summed E-state index contributed by atoms with van der Waals surface area (Å²) >= 11 is 0. The Morgan fingerprint density at radius 2 is 1.91 bits per heavy atom. The maximum absolute atomic E-state index is 12.0. The second kappa shape index (κ2) is 6.88. The molecule has 0 amide bonds. The Labute approximate surface area is 132 Å². The van der Waals surface area contributed by atoms with Crippen LogP contribution in [0.3, 0.4) is 0 Å². The van der Waals surface area contributed by atoms with Crippen LogP contribution in [0, 0.1) is 10.1 Å². The molecule has 8 nitrogen and oxygen atoms in total. The summed E-state index contributed by atoms with van der Waals surface area (Å²) in [7, 11) is -2.37. The Balaban J connectivity index is 2.11. The Hall–Kier alpha value is -2.94. The molecule has 0 aliphatic heterocycles. The van der Waals surface area contributed by atoms with Crippen LogP contribution in [0.4, 0.5) is 5.69 Å². The summed E-state index contributed by atoms with van der Waals surface area (Å²) in [5.41, 5.74) is 0.458. The highest BCUT2D eigenvalue weighted by Crippen LogP contribution is 2.15. The van der Waals surface area contributed by atoms with E-state index in [2.05, 4.69) is 5.10 Å². The van der Waals surface area contributed by atoms with Crippen LogP contribution in [0.1, 0.15) is 5.56 Å². The van der Waals surface area contributed by atoms with Gasteiger partial charge in [-0.1, -0.05) is 12.1 Å². The van der Waals surface area contributed by atoms with E-state index in [1.54, 1.807) is 24.3 Å². The maximum atomic E-state index is 12.0. The van der Waals surface area contributed by atoms with Gasteiger partial charge < -0.3 is 4.74 Å². The fourth-order valence-corrected chi connectivity index (χ4v) is 2.48. The first-order valence-electron chi connectivity index (χ1n) is 6.36. The van der Waals surface area contributed by atoms with Gasteiger partial charge >= 0.3 is 0 Å². The van der Waals surface area contributed by atoms with Crippen molar-refractivity contribution in [2.45, 2.75) is 4.90 Å². The van der Waals surface area contributed by atoms with Crippen molar-refractivity contribution in [2.75, 3.05) is 7.11 Å². The first-order valence-corrected chi connectivity index (χ1v) is 7.84. The van der Waals surface area contributed by atoms with Gasteiger partial charge in [-0.05, 0) is 29.8 Å². The highest BCUT2D eigenvalue weighted by Gasteiger charge is 2.14. The van der Waals surface area contributed by atoms with E-state index in [1.165, 1.54) is 13.3 Å². The molecule has 2 aromatic rings. The largest absolute Gasteiger partial charge is 0.497 e. The number of ether oxygens (including phenoxy) is 1. The van der Waals surface area contributed by atoms with E-state index >= 15 is 0 Å². The zero-order chi connectivity index (χ0) is 16.9. The minimum Gasteiger partial charge on any atom is -0.497 e. The van der Waals surface area contributed by atoms with Gasteiger partial charge in [0.1, 0.15) is 5.75 Å². The monoisotopic (exact) mass is 335 g/mol. The summed E-state index contributed by atoms with van der Waals surface area (Å²) in [5.74, 6) is 0.618. The summed E-state index contributed by atoms with van der Waals surface area (Å²) in [6.45, 7) is 0. The minimum absolute atomic E-state index is 0.120. The predicted molar refractivity (Wildman–Crippen MR) is 84.0 cm³/mol. The van der Waals surface area contributed by atoms with Crippen molar-refractivity contribution in [2.24, 2.45) is 5.10 Å². The number of non-ortho nitro benzene ring substituents is 1. The molecule has 2 rings (SSSR count). The number of nitro groups is 1. The fraction of sp³-hybridized carbons (Fsp3) is 0.0714. The molecule has 0 fully saturated rings. The SMILES string of the molecule is COc1cccc(/C=N/NS(=O)(=O)c2ccc([N+](=O)[O-])cc2)c1. The normalized spacial score (nSPS) is 11.3. The van der Waals surface area contributed by atoms with E-state index in [4.69, 9.17) is 4.74 Å². The Morgan fingerprint density at radius 1 is 1.22 bits per heavy atom. The number of methoxy groups -OCH3 is 1. The molecule has 0 aliphatic rings. The van der Waals surface area contributed by atoms with Crippen LogP contribution >= 0.6 is 0 Å². The molecule has 0 saturated carbocycles. The van der Waals surface area contributed by atoms with Crippen LogP contribution in [-0.4, -0.2) is 26.7 Å². The number of hydrazone groups is 1. The molecular weight excluding hydrogens is 322 g/mol. The molecule has 0 heterocycles. The maximum Gasteiger partial charge on any atom is 0.276 e. The Kier molecular flexibility index (Phi) is 4.91. The third-order valence-electron chi connectivity index (χ3n) is 2.84. The van der Waals surface area contributed by atoms with Gasteiger partial charge in [-0.2, -0.15) is 13.5 Å². The van der Waals surface area contributed by atoms with Crippen molar-refractivity contribution in [3.05, 3.63) is 64.2 Å². The van der Waals surface area contributed by atoms with Crippen molar-refractivity contribution in [3.8, 4) is 5.75 Å². The minimum atomic E-state index is -3.89. The molecule has 2 aromatic carbocycles. The quantitative estimate of drug-likeness (QED) is 0.492. The molecule has 0 aliphatic carbocycles. The van der Waals surface area contributed by atoms with E-state index < -0.39 is 14.9 Å². The molecule has 0 bridgehead atoms. The molecule has 0 unspecified atom stereocenters. The van der Waals surface area contributed by atoms with Gasteiger partial charge in [0.15, 0.2) is 0 Å². The standard InChI is InChI=1S/C14H13N3O5S/c1-22-13-4-2-3-11(9-13)10-15-16-23(20,21)14-7-5-12(6-8-14)17(18)19/h2-10,16H,1H3/b15-10+. The van der Waals surface area contributed by atoms with Crippen molar-refractivity contribution in [3.63, 3.8) is 0 Å². The van der Waals surface area contributed by atoms with E-state index in [0.717, 1.165) is 24.3 Å². The van der Waals surface area contributed by atoms with Gasteiger partial charge in [0.05, 0.1) is 23.1 Å². The lowest BCUT2D eigenvalue weighted by molar-refractivity contribution is -0.384.